The third kappa shape index (κ3) is 6.52. The van der Waals surface area contributed by atoms with Crippen molar-refractivity contribution in [2.24, 2.45) is 0 Å². The molecule has 0 radical (unpaired) electrons. The van der Waals surface area contributed by atoms with E-state index >= 15 is 0 Å². The van der Waals surface area contributed by atoms with Gasteiger partial charge in [-0.25, -0.2) is 4.98 Å². The molecule has 26 heavy (non-hydrogen) atoms. The second kappa shape index (κ2) is 9.39. The Morgan fingerprint density at radius 3 is 2.85 bits per heavy atom. The molecule has 138 valence electrons. The number of thioether (sulfide) groups is 2. The molecule has 1 amide bonds. The lowest BCUT2D eigenvalue weighted by Gasteiger charge is -2.07. The van der Waals surface area contributed by atoms with Gasteiger partial charge in [0.05, 0.1) is 16.4 Å². The number of hydrogen-bond acceptors (Lipinski definition) is 7. The molecule has 1 aromatic carbocycles. The van der Waals surface area contributed by atoms with Gasteiger partial charge in [-0.3, -0.25) is 19.7 Å². The first kappa shape index (κ1) is 20.0. The molecule has 1 heterocycles. The molecule has 0 aliphatic heterocycles. The van der Waals surface area contributed by atoms with Gasteiger partial charge in [-0.15, -0.1) is 0 Å². The number of H-pyrrole nitrogens is 1. The van der Waals surface area contributed by atoms with Gasteiger partial charge in [-0.1, -0.05) is 31.7 Å². The van der Waals surface area contributed by atoms with Gasteiger partial charge in [-0.05, 0) is 11.3 Å². The zero-order valence-electron chi connectivity index (χ0n) is 14.2. The summed E-state index contributed by atoms with van der Waals surface area (Å²) in [5.74, 6) is 0.293. The Bertz CT molecular complexity index is 854. The highest BCUT2D eigenvalue weighted by molar-refractivity contribution is 7.99. The molecule has 0 bridgehead atoms. The molecule has 0 aliphatic carbocycles. The summed E-state index contributed by atoms with van der Waals surface area (Å²) in [6.07, 6.45) is 0. The van der Waals surface area contributed by atoms with Crippen LogP contribution in [-0.2, 0) is 10.5 Å². The number of carbonyl (C=O) groups excluding carboxylic acids is 1. The molecule has 2 rings (SSSR count). The standard InChI is InChI=1S/C16H18N4O4S2/c1-10(2)25-8-12-7-14(21)19-16(18-12)26-9-15(22)17-11-4-3-5-13(6-11)20(23)24/h3-7,10H,8-9H2,1-2H3,(H,17,22)(H,18,19,21). The fourth-order valence-corrected chi connectivity index (χ4v) is 3.25. The highest BCUT2D eigenvalue weighted by Crippen LogP contribution is 2.19. The normalized spacial score (nSPS) is 10.7. The molecule has 0 fully saturated rings. The number of hydrogen-bond donors (Lipinski definition) is 2. The summed E-state index contributed by atoms with van der Waals surface area (Å²) in [5.41, 5.74) is 0.639. The lowest BCUT2D eigenvalue weighted by Crippen LogP contribution is -2.16. The number of amides is 1. The van der Waals surface area contributed by atoms with Crippen LogP contribution in [0.4, 0.5) is 11.4 Å². The molecule has 2 N–H and O–H groups in total. The summed E-state index contributed by atoms with van der Waals surface area (Å²) in [7, 11) is 0. The van der Waals surface area contributed by atoms with Gasteiger partial charge in [0, 0.05) is 29.6 Å². The minimum atomic E-state index is -0.528. The van der Waals surface area contributed by atoms with Gasteiger partial charge >= 0.3 is 0 Å². The van der Waals surface area contributed by atoms with Crippen LogP contribution >= 0.6 is 23.5 Å². The Kier molecular flexibility index (Phi) is 7.22. The van der Waals surface area contributed by atoms with E-state index in [1.165, 1.54) is 24.3 Å². The van der Waals surface area contributed by atoms with Gasteiger partial charge in [0.2, 0.25) is 5.91 Å². The summed E-state index contributed by atoms with van der Waals surface area (Å²) in [6.45, 7) is 4.12. The number of anilines is 1. The van der Waals surface area contributed by atoms with E-state index in [0.717, 1.165) is 11.8 Å². The van der Waals surface area contributed by atoms with Crippen LogP contribution < -0.4 is 10.9 Å². The minimum absolute atomic E-state index is 0.0202. The molecule has 0 atom stereocenters. The van der Waals surface area contributed by atoms with Gasteiger partial charge in [-0.2, -0.15) is 11.8 Å². The number of rotatable bonds is 8. The van der Waals surface area contributed by atoms with Gasteiger partial charge in [0.1, 0.15) is 0 Å². The van der Waals surface area contributed by atoms with Crippen molar-refractivity contribution in [3.05, 3.63) is 56.5 Å². The highest BCUT2D eigenvalue weighted by Gasteiger charge is 2.10. The fraction of sp³-hybridized carbons (Fsp3) is 0.312. The maximum atomic E-state index is 12.0. The number of non-ortho nitro benzene ring substituents is 1. The monoisotopic (exact) mass is 394 g/mol. The number of nitro benzene ring substituents is 1. The second-order valence-corrected chi connectivity index (χ2v) is 8.07. The molecule has 10 heteroatoms. The first-order valence-electron chi connectivity index (χ1n) is 7.72. The maximum absolute atomic E-state index is 12.0. The van der Waals surface area contributed by atoms with E-state index in [0.29, 0.717) is 27.5 Å². The Hall–Kier alpha value is -2.33. The molecule has 0 unspecified atom stereocenters. The predicted octanol–water partition coefficient (Wildman–Crippen LogP) is 3.05. The van der Waals surface area contributed by atoms with Crippen LogP contribution in [0.25, 0.3) is 0 Å². The van der Waals surface area contributed by atoms with E-state index in [2.05, 4.69) is 29.1 Å². The first-order chi connectivity index (χ1) is 12.3. The van der Waals surface area contributed by atoms with Gasteiger partial charge < -0.3 is 10.3 Å². The first-order valence-corrected chi connectivity index (χ1v) is 9.76. The lowest BCUT2D eigenvalue weighted by molar-refractivity contribution is -0.384. The molecule has 8 nitrogen and oxygen atoms in total. The number of benzene rings is 1. The van der Waals surface area contributed by atoms with Crippen LogP contribution in [0.1, 0.15) is 19.5 Å². The van der Waals surface area contributed by atoms with E-state index < -0.39 is 4.92 Å². The Labute approximate surface area is 158 Å². The van der Waals surface area contributed by atoms with E-state index in [1.54, 1.807) is 17.8 Å². The van der Waals surface area contributed by atoms with E-state index in [1.807, 2.05) is 0 Å². The van der Waals surface area contributed by atoms with Crippen LogP contribution in [0.3, 0.4) is 0 Å². The average Bonchev–Trinajstić information content (AvgIpc) is 2.58. The third-order valence-electron chi connectivity index (χ3n) is 3.02. The van der Waals surface area contributed by atoms with E-state index in [-0.39, 0.29) is 22.9 Å². The number of nitrogens with zero attached hydrogens (tertiary/aromatic N) is 2. The fourth-order valence-electron chi connectivity index (χ4n) is 1.91. The van der Waals surface area contributed by atoms with Gasteiger partial charge in [0.15, 0.2) is 5.16 Å². The summed E-state index contributed by atoms with van der Waals surface area (Å²) in [5, 5.41) is 14.1. The third-order valence-corrected chi connectivity index (χ3v) is 5.02. The molecule has 1 aromatic heterocycles. The van der Waals surface area contributed by atoms with Crippen molar-refractivity contribution < 1.29 is 9.72 Å². The smallest absolute Gasteiger partial charge is 0.271 e. The van der Waals surface area contributed by atoms with Crippen molar-refractivity contribution in [1.82, 2.24) is 9.97 Å². The Balaban J connectivity index is 1.95. The molecule has 0 saturated carbocycles. The number of nitro groups is 1. The summed E-state index contributed by atoms with van der Waals surface area (Å²) >= 11 is 2.77. The zero-order chi connectivity index (χ0) is 19.1. The zero-order valence-corrected chi connectivity index (χ0v) is 15.9. The topological polar surface area (TPSA) is 118 Å². The Morgan fingerprint density at radius 1 is 1.38 bits per heavy atom. The van der Waals surface area contributed by atoms with Crippen molar-refractivity contribution in [3.8, 4) is 0 Å². The number of nitrogens with one attached hydrogen (secondary N) is 2. The molecule has 0 aliphatic rings. The van der Waals surface area contributed by atoms with Crippen molar-refractivity contribution in [2.75, 3.05) is 11.1 Å². The van der Waals surface area contributed by atoms with Crippen LogP contribution in [-0.4, -0.2) is 31.8 Å². The number of aromatic amines is 1. The maximum Gasteiger partial charge on any atom is 0.271 e. The van der Waals surface area contributed by atoms with E-state index in [9.17, 15) is 19.7 Å². The SMILES string of the molecule is CC(C)SCc1cc(=O)[nH]c(SCC(=O)Nc2cccc([N+](=O)[O-])c2)n1. The predicted molar refractivity (Wildman–Crippen MR) is 104 cm³/mol. The van der Waals surface area contributed by atoms with Crippen molar-refractivity contribution in [1.29, 1.82) is 0 Å². The van der Waals surface area contributed by atoms with Crippen molar-refractivity contribution in [2.45, 2.75) is 30.0 Å². The summed E-state index contributed by atoms with van der Waals surface area (Å²) < 4.78 is 0. The van der Waals surface area contributed by atoms with Crippen LogP contribution in [0.2, 0.25) is 0 Å². The van der Waals surface area contributed by atoms with Crippen molar-refractivity contribution in [3.63, 3.8) is 0 Å². The minimum Gasteiger partial charge on any atom is -0.325 e. The quantitative estimate of drug-likeness (QED) is 0.306. The van der Waals surface area contributed by atoms with Crippen LogP contribution in [0.5, 0.6) is 0 Å². The number of aromatic nitrogens is 2. The summed E-state index contributed by atoms with van der Waals surface area (Å²) in [4.78, 5) is 40.9. The van der Waals surface area contributed by atoms with Crippen LogP contribution in [0.15, 0.2) is 40.3 Å². The molecular weight excluding hydrogens is 376 g/mol. The molecule has 2 aromatic rings. The largest absolute Gasteiger partial charge is 0.325 e. The molecule has 0 saturated heterocycles. The van der Waals surface area contributed by atoms with Crippen LogP contribution in [0, 0.1) is 10.1 Å². The van der Waals surface area contributed by atoms with E-state index in [4.69, 9.17) is 0 Å². The second-order valence-electron chi connectivity index (χ2n) is 5.55. The summed E-state index contributed by atoms with van der Waals surface area (Å²) in [6, 6.07) is 7.14. The highest BCUT2D eigenvalue weighted by atomic mass is 32.2. The molecule has 0 spiro atoms. The average molecular weight is 394 g/mol. The Morgan fingerprint density at radius 2 is 2.15 bits per heavy atom. The number of carbonyl (C=O) groups is 1. The molecular formula is C16H18N4O4S2. The van der Waals surface area contributed by atoms with Gasteiger partial charge in [0.25, 0.3) is 11.2 Å². The lowest BCUT2D eigenvalue weighted by atomic mass is 10.3. The van der Waals surface area contributed by atoms with Crippen molar-refractivity contribution >= 4 is 40.8 Å².